The van der Waals surface area contributed by atoms with Crippen LogP contribution in [0.4, 0.5) is 13.2 Å². The van der Waals surface area contributed by atoms with Crippen molar-refractivity contribution in [3.8, 4) is 0 Å². The number of hydrogen-bond acceptors (Lipinski definition) is 2. The molecule has 0 aliphatic carbocycles. The van der Waals surface area contributed by atoms with Crippen LogP contribution in [-0.4, -0.2) is 10.9 Å². The Balaban J connectivity index is 1.70. The number of aromatic amines is 1. The predicted octanol–water partition coefficient (Wildman–Crippen LogP) is 6.27. The van der Waals surface area contributed by atoms with Crippen LogP contribution < -0.4 is 5.32 Å². The Morgan fingerprint density at radius 2 is 1.94 bits per heavy atom. The highest BCUT2D eigenvalue weighted by atomic mass is 35.5. The average Bonchev–Trinajstić information content (AvgIpc) is 3.40. The Bertz CT molecular complexity index is 1200. The first-order chi connectivity index (χ1) is 14.8. The summed E-state index contributed by atoms with van der Waals surface area (Å²) in [5, 5.41) is 3.22. The molecule has 8 heteroatoms. The predicted molar refractivity (Wildman–Crippen MR) is 112 cm³/mol. The van der Waals surface area contributed by atoms with E-state index in [0.29, 0.717) is 11.3 Å². The van der Waals surface area contributed by atoms with Crippen molar-refractivity contribution in [3.05, 3.63) is 94.5 Å². The van der Waals surface area contributed by atoms with E-state index in [2.05, 4.69) is 10.3 Å². The number of amides is 1. The Morgan fingerprint density at radius 3 is 2.68 bits per heavy atom. The summed E-state index contributed by atoms with van der Waals surface area (Å²) in [6, 6.07) is 14.7. The molecule has 0 saturated carbocycles. The van der Waals surface area contributed by atoms with Gasteiger partial charge in [-0.25, -0.2) is 0 Å². The van der Waals surface area contributed by atoms with E-state index in [1.165, 1.54) is 18.4 Å². The molecule has 2 aromatic heterocycles. The van der Waals surface area contributed by atoms with Gasteiger partial charge in [0.25, 0.3) is 0 Å². The van der Waals surface area contributed by atoms with E-state index in [4.69, 9.17) is 16.0 Å². The van der Waals surface area contributed by atoms with Gasteiger partial charge >= 0.3 is 6.18 Å². The number of benzene rings is 2. The summed E-state index contributed by atoms with van der Waals surface area (Å²) in [6.45, 7) is 0.195. The molecule has 31 heavy (non-hydrogen) atoms. The molecular formula is C23H18ClF3N2O2. The maximum absolute atomic E-state index is 13.4. The van der Waals surface area contributed by atoms with Crippen LogP contribution in [0.5, 0.6) is 0 Å². The second-order valence-corrected chi connectivity index (χ2v) is 7.55. The van der Waals surface area contributed by atoms with Gasteiger partial charge in [0.05, 0.1) is 23.4 Å². The lowest BCUT2D eigenvalue weighted by molar-refractivity contribution is -0.137. The van der Waals surface area contributed by atoms with Gasteiger partial charge in [-0.3, -0.25) is 4.79 Å². The number of H-pyrrole nitrogens is 1. The second-order valence-electron chi connectivity index (χ2n) is 7.14. The number of carbonyl (C=O) groups excluding carboxylic acids is 1. The normalized spacial score (nSPS) is 12.8. The van der Waals surface area contributed by atoms with Crippen molar-refractivity contribution in [2.75, 3.05) is 0 Å². The number of para-hydroxylation sites is 1. The number of alkyl halides is 3. The molecule has 2 heterocycles. The number of carbonyl (C=O) groups is 1. The topological polar surface area (TPSA) is 58.0 Å². The number of rotatable bonds is 6. The van der Waals surface area contributed by atoms with Gasteiger partial charge in [0.2, 0.25) is 5.91 Å². The van der Waals surface area contributed by atoms with Crippen LogP contribution in [0.1, 0.15) is 34.8 Å². The number of nitrogens with one attached hydrogen (secondary N) is 2. The van der Waals surface area contributed by atoms with Crippen molar-refractivity contribution in [1.29, 1.82) is 0 Å². The van der Waals surface area contributed by atoms with Crippen LogP contribution in [0.15, 0.2) is 71.5 Å². The SMILES string of the molecule is O=C(C[C@H](c1ccc(Cl)c(C(F)(F)F)c1)c1c[nH]c2ccccc12)NCc1ccco1. The van der Waals surface area contributed by atoms with Gasteiger partial charge in [0.15, 0.2) is 0 Å². The molecular weight excluding hydrogens is 429 g/mol. The van der Waals surface area contributed by atoms with Gasteiger partial charge < -0.3 is 14.7 Å². The second kappa shape index (κ2) is 8.51. The Labute approximate surface area is 181 Å². The van der Waals surface area contributed by atoms with E-state index in [1.54, 1.807) is 18.3 Å². The highest BCUT2D eigenvalue weighted by Crippen LogP contribution is 2.39. The van der Waals surface area contributed by atoms with Crippen LogP contribution in [-0.2, 0) is 17.5 Å². The van der Waals surface area contributed by atoms with E-state index in [9.17, 15) is 18.0 Å². The number of aromatic nitrogens is 1. The first-order valence-corrected chi connectivity index (χ1v) is 9.92. The molecule has 4 rings (SSSR count). The van der Waals surface area contributed by atoms with Gasteiger partial charge in [-0.2, -0.15) is 13.2 Å². The minimum absolute atomic E-state index is 0.0402. The zero-order valence-electron chi connectivity index (χ0n) is 16.2. The van der Waals surface area contributed by atoms with E-state index < -0.39 is 17.7 Å². The first-order valence-electron chi connectivity index (χ1n) is 9.54. The maximum Gasteiger partial charge on any atom is 0.417 e. The van der Waals surface area contributed by atoms with Gasteiger partial charge in [-0.1, -0.05) is 35.9 Å². The summed E-state index contributed by atoms with van der Waals surface area (Å²) >= 11 is 5.80. The van der Waals surface area contributed by atoms with E-state index >= 15 is 0 Å². The molecule has 2 aromatic carbocycles. The third kappa shape index (κ3) is 4.61. The largest absolute Gasteiger partial charge is 0.467 e. The molecule has 0 bridgehead atoms. The van der Waals surface area contributed by atoms with Crippen molar-refractivity contribution in [2.24, 2.45) is 0 Å². The molecule has 1 atom stereocenters. The third-order valence-corrected chi connectivity index (χ3v) is 5.45. The summed E-state index contributed by atoms with van der Waals surface area (Å²) in [4.78, 5) is 15.8. The summed E-state index contributed by atoms with van der Waals surface area (Å²) in [7, 11) is 0. The molecule has 0 fully saturated rings. The minimum Gasteiger partial charge on any atom is -0.467 e. The molecule has 2 N–H and O–H groups in total. The minimum atomic E-state index is -4.60. The number of hydrogen-bond donors (Lipinski definition) is 2. The molecule has 4 aromatic rings. The third-order valence-electron chi connectivity index (χ3n) is 5.12. The summed E-state index contributed by atoms with van der Waals surface area (Å²) < 4.78 is 45.6. The van der Waals surface area contributed by atoms with Gasteiger partial charge in [-0.05, 0) is 41.5 Å². The summed E-state index contributed by atoms with van der Waals surface area (Å²) in [5.41, 5.74) is 1.00. The molecule has 4 nitrogen and oxygen atoms in total. The van der Waals surface area contributed by atoms with E-state index in [0.717, 1.165) is 22.5 Å². The fourth-order valence-electron chi connectivity index (χ4n) is 3.62. The van der Waals surface area contributed by atoms with Gasteiger partial charge in [0, 0.05) is 29.4 Å². The van der Waals surface area contributed by atoms with Crippen molar-refractivity contribution in [1.82, 2.24) is 10.3 Å². The molecule has 0 aliphatic rings. The molecule has 0 unspecified atom stereocenters. The van der Waals surface area contributed by atoms with Crippen LogP contribution in [0.25, 0.3) is 10.9 Å². The molecule has 0 saturated heterocycles. The number of halogens is 4. The van der Waals surface area contributed by atoms with Gasteiger partial charge in [0.1, 0.15) is 5.76 Å². The fourth-order valence-corrected chi connectivity index (χ4v) is 3.85. The van der Waals surface area contributed by atoms with Crippen molar-refractivity contribution >= 4 is 28.4 Å². The number of furan rings is 1. The highest BCUT2D eigenvalue weighted by molar-refractivity contribution is 6.31. The molecule has 1 amide bonds. The molecule has 0 spiro atoms. The van der Waals surface area contributed by atoms with Crippen LogP contribution in [0.2, 0.25) is 5.02 Å². The average molecular weight is 447 g/mol. The Morgan fingerprint density at radius 1 is 1.13 bits per heavy atom. The van der Waals surface area contributed by atoms with Crippen molar-refractivity contribution < 1.29 is 22.4 Å². The fraction of sp³-hybridized carbons (Fsp3) is 0.174. The van der Waals surface area contributed by atoms with Crippen LogP contribution >= 0.6 is 11.6 Å². The van der Waals surface area contributed by atoms with Crippen LogP contribution in [0.3, 0.4) is 0 Å². The highest BCUT2D eigenvalue weighted by Gasteiger charge is 2.34. The summed E-state index contributed by atoms with van der Waals surface area (Å²) in [5.74, 6) is -0.329. The summed E-state index contributed by atoms with van der Waals surface area (Å²) in [6.07, 6.45) is -1.40. The quantitative estimate of drug-likeness (QED) is 0.366. The standard InChI is InChI=1S/C23H18ClF3N2O2/c24-20-8-7-14(10-19(20)23(25,26)27)17(11-22(30)29-12-15-4-3-9-31-15)18-13-28-21-6-2-1-5-16(18)21/h1-10,13,17,28H,11-12H2,(H,29,30)/t17-/m1/s1. The van der Waals surface area contributed by atoms with Crippen molar-refractivity contribution in [2.45, 2.75) is 25.1 Å². The lowest BCUT2D eigenvalue weighted by Gasteiger charge is -2.19. The van der Waals surface area contributed by atoms with Crippen LogP contribution in [0, 0.1) is 0 Å². The first kappa shape index (κ1) is 21.1. The number of fused-ring (bicyclic) bond motifs is 1. The smallest absolute Gasteiger partial charge is 0.417 e. The van der Waals surface area contributed by atoms with E-state index in [1.807, 2.05) is 24.3 Å². The lowest BCUT2D eigenvalue weighted by Crippen LogP contribution is -2.25. The molecule has 0 radical (unpaired) electrons. The van der Waals surface area contributed by atoms with Crippen molar-refractivity contribution in [3.63, 3.8) is 0 Å². The monoisotopic (exact) mass is 446 g/mol. The lowest BCUT2D eigenvalue weighted by atomic mass is 9.87. The Kier molecular flexibility index (Phi) is 5.78. The zero-order valence-corrected chi connectivity index (χ0v) is 16.9. The van der Waals surface area contributed by atoms with Gasteiger partial charge in [-0.15, -0.1) is 0 Å². The molecule has 0 aliphatic heterocycles. The Hall–Kier alpha value is -3.19. The zero-order chi connectivity index (χ0) is 22.0. The van der Waals surface area contributed by atoms with E-state index in [-0.39, 0.29) is 23.9 Å². The molecule has 160 valence electrons. The maximum atomic E-state index is 13.4.